The normalized spacial score (nSPS) is 25.9. The van der Waals surface area contributed by atoms with E-state index in [-0.39, 0.29) is 10.3 Å². The van der Waals surface area contributed by atoms with Crippen molar-refractivity contribution in [1.29, 1.82) is 0 Å². The number of piperidine rings is 1. The van der Waals surface area contributed by atoms with Crippen molar-refractivity contribution in [1.82, 2.24) is 15.3 Å². The number of anilines is 1. The predicted molar refractivity (Wildman–Crippen MR) is 141 cm³/mol. The number of ether oxygens (including phenoxy) is 1. The average molecular weight is 489 g/mol. The lowest BCUT2D eigenvalue weighted by Crippen LogP contribution is -2.40. The molecule has 0 radical (unpaired) electrons. The number of nitrogens with one attached hydrogen (secondary N) is 1. The number of carbonyl (C=O) groups excluding carboxylic acids is 1. The Morgan fingerprint density at radius 1 is 1.18 bits per heavy atom. The third-order valence-electron chi connectivity index (χ3n) is 6.51. The lowest BCUT2D eigenvalue weighted by atomic mass is 9.90. The molecule has 8 nitrogen and oxygen atoms in total. The first-order valence-corrected chi connectivity index (χ1v) is 13.1. The van der Waals surface area contributed by atoms with Crippen molar-refractivity contribution >= 4 is 29.9 Å². The number of morpholine rings is 1. The summed E-state index contributed by atoms with van der Waals surface area (Å²) in [6.45, 7) is 9.46. The minimum atomic E-state index is -0.285. The van der Waals surface area contributed by atoms with Crippen LogP contribution in [0.3, 0.4) is 0 Å². The molecule has 4 aliphatic rings. The van der Waals surface area contributed by atoms with Crippen LogP contribution in [0.25, 0.3) is 5.57 Å². The highest BCUT2D eigenvalue weighted by atomic mass is 32.2. The van der Waals surface area contributed by atoms with E-state index in [2.05, 4.69) is 58.9 Å². The summed E-state index contributed by atoms with van der Waals surface area (Å²) in [4.78, 5) is 20.6. The summed E-state index contributed by atoms with van der Waals surface area (Å²) in [7, 11) is 1.50. The molecule has 2 saturated heterocycles. The van der Waals surface area contributed by atoms with Crippen molar-refractivity contribution in [2.45, 2.75) is 54.6 Å². The minimum absolute atomic E-state index is 0.0897. The Hall–Kier alpha value is -1.78. The molecule has 2 aliphatic heterocycles. The van der Waals surface area contributed by atoms with Crippen LogP contribution in [-0.4, -0.2) is 74.0 Å². The molecule has 9 heteroatoms. The van der Waals surface area contributed by atoms with E-state index < -0.39 is 0 Å². The monoisotopic (exact) mass is 488 g/mol. The maximum Gasteiger partial charge on any atom is 0.161 e. The fourth-order valence-corrected chi connectivity index (χ4v) is 6.11. The van der Waals surface area contributed by atoms with Gasteiger partial charge in [-0.25, -0.2) is 9.97 Å². The molecule has 1 saturated carbocycles. The van der Waals surface area contributed by atoms with Crippen molar-refractivity contribution < 1.29 is 9.53 Å². The molecule has 1 aromatic heterocycles. The molecule has 3 heterocycles. The number of rotatable bonds is 5. The van der Waals surface area contributed by atoms with Gasteiger partial charge in [-0.05, 0) is 59.2 Å². The van der Waals surface area contributed by atoms with Gasteiger partial charge in [-0.1, -0.05) is 18.2 Å². The van der Waals surface area contributed by atoms with Crippen molar-refractivity contribution in [3.05, 3.63) is 35.8 Å². The summed E-state index contributed by atoms with van der Waals surface area (Å²) in [6, 6.07) is 2.27. The Bertz CT molecular complexity index is 859. The van der Waals surface area contributed by atoms with E-state index in [9.17, 15) is 0 Å². The molecule has 5 rings (SSSR count). The summed E-state index contributed by atoms with van der Waals surface area (Å²) in [5.74, 6) is 1.89. The maximum atomic E-state index is 8.00. The van der Waals surface area contributed by atoms with Crippen molar-refractivity contribution in [3.63, 3.8) is 0 Å². The van der Waals surface area contributed by atoms with E-state index >= 15 is 0 Å². The van der Waals surface area contributed by atoms with Gasteiger partial charge in [-0.15, -0.1) is 11.8 Å². The van der Waals surface area contributed by atoms with Crippen LogP contribution in [0.15, 0.2) is 24.3 Å². The summed E-state index contributed by atoms with van der Waals surface area (Å²) in [6.07, 6.45) is 12.2. The van der Waals surface area contributed by atoms with Crippen molar-refractivity contribution in [2.75, 3.05) is 51.3 Å². The van der Waals surface area contributed by atoms with Crippen LogP contribution < -0.4 is 21.7 Å². The molecule has 188 valence electrons. The van der Waals surface area contributed by atoms with E-state index in [1.807, 2.05) is 6.79 Å². The van der Waals surface area contributed by atoms with Crippen LogP contribution in [-0.2, 0) is 14.3 Å². The van der Waals surface area contributed by atoms with Crippen molar-refractivity contribution in [3.8, 4) is 0 Å². The SMILES string of the molecule is C=O.CC1(N)C=CC(c2nc(N3CCOCC3)cc(C3(SC4CC4)CCNCC3)n2)=CC1.CN. The standard InChI is InChI=1S/C23H33N5OS.CH5N.CH2O/c1-22(24)6-4-17(5-7-22)21-26-19(16-20(27-21)28-12-14-29-15-13-28)23(30-18-2-3-18)8-10-25-11-9-23;2*1-2/h4-6,16,18,25H,2-3,7-15,24H2,1H3;2H2,1H3;1H2. The Kier molecular flexibility index (Phi) is 9.67. The third-order valence-corrected chi connectivity index (χ3v) is 8.38. The number of carbonyl (C=O) groups is 1. The average Bonchev–Trinajstić information content (AvgIpc) is 3.71. The van der Waals surface area contributed by atoms with Crippen LogP contribution in [0, 0.1) is 0 Å². The van der Waals surface area contributed by atoms with Crippen molar-refractivity contribution in [2.24, 2.45) is 11.5 Å². The number of hydrogen-bond acceptors (Lipinski definition) is 9. The molecule has 0 aromatic carbocycles. The highest BCUT2D eigenvalue weighted by molar-refractivity contribution is 8.01. The van der Waals surface area contributed by atoms with E-state index in [0.717, 1.165) is 81.1 Å². The molecular weight excluding hydrogens is 448 g/mol. The van der Waals surface area contributed by atoms with Gasteiger partial charge >= 0.3 is 0 Å². The molecule has 1 atom stereocenters. The fraction of sp³-hybridized carbons (Fsp3) is 0.640. The van der Waals surface area contributed by atoms with E-state index in [0.29, 0.717) is 0 Å². The predicted octanol–water partition coefficient (Wildman–Crippen LogP) is 2.24. The van der Waals surface area contributed by atoms with Gasteiger partial charge in [0.15, 0.2) is 5.82 Å². The second-order valence-corrected chi connectivity index (χ2v) is 11.0. The van der Waals surface area contributed by atoms with Gasteiger partial charge in [0.05, 0.1) is 23.7 Å². The second-order valence-electron chi connectivity index (χ2n) is 9.30. The Morgan fingerprint density at radius 2 is 1.85 bits per heavy atom. The second kappa shape index (κ2) is 12.3. The van der Waals surface area contributed by atoms with Crippen LogP contribution in [0.1, 0.15) is 50.5 Å². The zero-order valence-corrected chi connectivity index (χ0v) is 21.4. The third kappa shape index (κ3) is 6.66. The van der Waals surface area contributed by atoms with Crippen LogP contribution >= 0.6 is 11.8 Å². The molecule has 1 aromatic rings. The molecule has 1 unspecified atom stereocenters. The number of hydrogen-bond donors (Lipinski definition) is 3. The number of thioether (sulfide) groups is 1. The zero-order valence-electron chi connectivity index (χ0n) is 20.6. The maximum absolute atomic E-state index is 8.00. The Labute approximate surface area is 208 Å². The van der Waals surface area contributed by atoms with Gasteiger partial charge in [0.2, 0.25) is 0 Å². The Morgan fingerprint density at radius 3 is 2.44 bits per heavy atom. The molecule has 3 fully saturated rings. The van der Waals surface area contributed by atoms with Crippen LogP contribution in [0.4, 0.5) is 5.82 Å². The summed E-state index contributed by atoms with van der Waals surface area (Å²) < 4.78 is 5.67. The van der Waals surface area contributed by atoms with Gasteiger partial charge in [-0.3, -0.25) is 0 Å². The van der Waals surface area contributed by atoms with Crippen LogP contribution in [0.5, 0.6) is 0 Å². The first-order valence-electron chi connectivity index (χ1n) is 12.2. The molecule has 0 spiro atoms. The number of nitrogens with zero attached hydrogens (tertiary/aromatic N) is 3. The zero-order chi connectivity index (χ0) is 24.6. The minimum Gasteiger partial charge on any atom is -0.378 e. The number of aromatic nitrogens is 2. The highest BCUT2D eigenvalue weighted by Gasteiger charge is 2.42. The van der Waals surface area contributed by atoms with Gasteiger partial charge in [0.25, 0.3) is 0 Å². The van der Waals surface area contributed by atoms with E-state index in [4.69, 9.17) is 25.2 Å². The van der Waals surface area contributed by atoms with E-state index in [1.165, 1.54) is 25.6 Å². The summed E-state index contributed by atoms with van der Waals surface area (Å²) >= 11 is 2.17. The molecule has 0 amide bonds. The lowest BCUT2D eigenvalue weighted by molar-refractivity contribution is -0.0979. The molecule has 5 N–H and O–H groups in total. The lowest BCUT2D eigenvalue weighted by Gasteiger charge is -2.38. The van der Waals surface area contributed by atoms with Gasteiger partial charge in [0.1, 0.15) is 12.6 Å². The number of nitrogens with two attached hydrogens (primary N) is 2. The first-order chi connectivity index (χ1) is 16.5. The smallest absolute Gasteiger partial charge is 0.161 e. The fourth-order valence-electron chi connectivity index (χ4n) is 4.43. The quantitative estimate of drug-likeness (QED) is 0.573. The van der Waals surface area contributed by atoms with Gasteiger partial charge in [0, 0.05) is 35.5 Å². The van der Waals surface area contributed by atoms with E-state index in [1.54, 1.807) is 0 Å². The topological polar surface area (TPSA) is 119 Å². The molecular formula is C25H40N6O2S. The summed E-state index contributed by atoms with van der Waals surface area (Å²) in [5, 5.41) is 4.34. The van der Waals surface area contributed by atoms with Gasteiger partial charge < -0.3 is 31.2 Å². The molecule has 2 aliphatic carbocycles. The number of allylic oxidation sites excluding steroid dienone is 2. The first kappa shape index (κ1) is 26.8. The largest absolute Gasteiger partial charge is 0.378 e. The van der Waals surface area contributed by atoms with Crippen LogP contribution in [0.2, 0.25) is 0 Å². The Balaban J connectivity index is 0.000000771. The molecule has 0 bridgehead atoms. The highest BCUT2D eigenvalue weighted by Crippen LogP contribution is 2.52. The summed E-state index contributed by atoms with van der Waals surface area (Å²) in [5.41, 5.74) is 12.8. The molecule has 34 heavy (non-hydrogen) atoms. The van der Waals surface area contributed by atoms with Gasteiger partial charge in [-0.2, -0.15) is 0 Å².